The number of nitrogens with zero attached hydrogens (tertiary/aromatic N) is 2. The van der Waals surface area contributed by atoms with Crippen LogP contribution in [0.4, 0.5) is 4.79 Å². The number of rotatable bonds is 1. The Kier molecular flexibility index (Phi) is 3.00. The lowest BCUT2D eigenvalue weighted by Gasteiger charge is -2.36. The molecule has 110 valence electrons. The van der Waals surface area contributed by atoms with Crippen LogP contribution in [-0.2, 0) is 0 Å². The molecule has 21 heavy (non-hydrogen) atoms. The van der Waals surface area contributed by atoms with E-state index in [2.05, 4.69) is 17.3 Å². The molecule has 1 aromatic heterocycles. The average molecular weight is 283 g/mol. The van der Waals surface area contributed by atoms with E-state index in [1.165, 1.54) is 12.8 Å². The number of piperidine rings is 1. The Hall–Kier alpha value is -1.81. The van der Waals surface area contributed by atoms with Crippen LogP contribution in [-0.4, -0.2) is 40.7 Å². The van der Waals surface area contributed by atoms with Crippen molar-refractivity contribution in [1.82, 2.24) is 14.8 Å². The highest BCUT2D eigenvalue weighted by molar-refractivity contribution is 5.91. The molecule has 1 unspecified atom stereocenters. The van der Waals surface area contributed by atoms with Gasteiger partial charge in [-0.1, -0.05) is 18.2 Å². The van der Waals surface area contributed by atoms with Gasteiger partial charge in [0.05, 0.1) is 5.52 Å². The Balaban J connectivity index is 1.51. The van der Waals surface area contributed by atoms with Gasteiger partial charge >= 0.3 is 6.03 Å². The van der Waals surface area contributed by atoms with Gasteiger partial charge < -0.3 is 10.2 Å². The summed E-state index contributed by atoms with van der Waals surface area (Å²) in [5.74, 6) is 0. The number of nitrogens with one attached hydrogen (secondary N) is 1. The van der Waals surface area contributed by atoms with Crippen molar-refractivity contribution in [3.05, 3.63) is 36.5 Å². The topological polar surface area (TPSA) is 37.3 Å². The van der Waals surface area contributed by atoms with E-state index in [4.69, 9.17) is 0 Å². The van der Waals surface area contributed by atoms with Crippen molar-refractivity contribution in [3.63, 3.8) is 0 Å². The molecule has 2 saturated heterocycles. The van der Waals surface area contributed by atoms with Crippen LogP contribution in [0.15, 0.2) is 36.5 Å². The van der Waals surface area contributed by atoms with Gasteiger partial charge in [0.1, 0.15) is 0 Å². The normalized spacial score (nSPS) is 28.9. The fourth-order valence-electron chi connectivity index (χ4n) is 4.03. The summed E-state index contributed by atoms with van der Waals surface area (Å²) in [5, 5.41) is 4.34. The van der Waals surface area contributed by atoms with E-state index in [0.717, 1.165) is 23.7 Å². The highest BCUT2D eigenvalue weighted by atomic mass is 16.2. The number of benzene rings is 1. The first-order chi connectivity index (χ1) is 10.2. The molecule has 1 N–H and O–H groups in total. The monoisotopic (exact) mass is 283 g/mol. The van der Waals surface area contributed by atoms with E-state index < -0.39 is 0 Å². The lowest BCUT2D eigenvalue weighted by atomic mass is 9.98. The zero-order valence-electron chi connectivity index (χ0n) is 12.3. The first-order valence-corrected chi connectivity index (χ1v) is 7.81. The molecule has 3 heterocycles. The van der Waals surface area contributed by atoms with Crippen LogP contribution < -0.4 is 5.32 Å². The van der Waals surface area contributed by atoms with Crippen molar-refractivity contribution in [3.8, 4) is 0 Å². The number of carbonyl (C=O) groups is 1. The minimum absolute atomic E-state index is 0.00477. The minimum Gasteiger partial charge on any atom is -0.335 e. The number of para-hydroxylation sites is 1. The summed E-state index contributed by atoms with van der Waals surface area (Å²) in [6.07, 6.45) is 6.58. The first kappa shape index (κ1) is 12.9. The molecule has 0 saturated carbocycles. The second-order valence-corrected chi connectivity index (χ2v) is 6.41. The maximum Gasteiger partial charge on any atom is 0.326 e. The van der Waals surface area contributed by atoms with Gasteiger partial charge in [-0.15, -0.1) is 0 Å². The highest BCUT2D eigenvalue weighted by Crippen LogP contribution is 2.34. The molecule has 2 aliphatic heterocycles. The molecule has 1 amide bonds. The van der Waals surface area contributed by atoms with Crippen LogP contribution in [0.5, 0.6) is 0 Å². The largest absolute Gasteiger partial charge is 0.335 e. The molecule has 2 bridgehead atoms. The summed E-state index contributed by atoms with van der Waals surface area (Å²) < 4.78 is 1.73. The molecule has 1 aromatic carbocycles. The summed E-state index contributed by atoms with van der Waals surface area (Å²) in [7, 11) is 2.22. The zero-order valence-corrected chi connectivity index (χ0v) is 12.3. The molecule has 4 nitrogen and oxygen atoms in total. The molecule has 4 rings (SSSR count). The van der Waals surface area contributed by atoms with Crippen molar-refractivity contribution >= 4 is 16.9 Å². The van der Waals surface area contributed by atoms with Gasteiger partial charge in [-0.25, -0.2) is 4.79 Å². The molecule has 0 radical (unpaired) electrons. The summed E-state index contributed by atoms with van der Waals surface area (Å²) in [6, 6.07) is 11.6. The fourth-order valence-corrected chi connectivity index (χ4v) is 4.03. The van der Waals surface area contributed by atoms with Crippen LogP contribution in [0.2, 0.25) is 0 Å². The van der Waals surface area contributed by atoms with Gasteiger partial charge in [0.25, 0.3) is 0 Å². The Morgan fingerprint density at radius 2 is 1.86 bits per heavy atom. The Bertz CT molecular complexity index is 663. The van der Waals surface area contributed by atoms with Crippen LogP contribution in [0.1, 0.15) is 25.7 Å². The van der Waals surface area contributed by atoms with Gasteiger partial charge in [-0.05, 0) is 44.9 Å². The Morgan fingerprint density at radius 1 is 1.14 bits per heavy atom. The molecule has 0 aliphatic carbocycles. The van der Waals surface area contributed by atoms with Gasteiger partial charge in [0, 0.05) is 29.7 Å². The van der Waals surface area contributed by atoms with E-state index in [0.29, 0.717) is 18.1 Å². The van der Waals surface area contributed by atoms with Crippen molar-refractivity contribution in [2.24, 2.45) is 0 Å². The molecule has 2 aliphatic rings. The third kappa shape index (κ3) is 2.14. The first-order valence-electron chi connectivity index (χ1n) is 7.81. The van der Waals surface area contributed by atoms with E-state index in [9.17, 15) is 4.79 Å². The van der Waals surface area contributed by atoms with E-state index in [-0.39, 0.29) is 6.03 Å². The van der Waals surface area contributed by atoms with Crippen LogP contribution in [0.3, 0.4) is 0 Å². The predicted molar refractivity (Wildman–Crippen MR) is 83.5 cm³/mol. The summed E-state index contributed by atoms with van der Waals surface area (Å²) in [4.78, 5) is 15.0. The van der Waals surface area contributed by atoms with E-state index in [1.54, 1.807) is 4.57 Å². The zero-order chi connectivity index (χ0) is 14.4. The fraction of sp³-hybridized carbons (Fsp3) is 0.471. The van der Waals surface area contributed by atoms with Gasteiger partial charge in [-0.3, -0.25) is 4.57 Å². The molecule has 0 spiro atoms. The molecule has 3 atom stereocenters. The van der Waals surface area contributed by atoms with Crippen LogP contribution >= 0.6 is 0 Å². The van der Waals surface area contributed by atoms with Gasteiger partial charge in [0.2, 0.25) is 0 Å². The van der Waals surface area contributed by atoms with Gasteiger partial charge in [-0.2, -0.15) is 0 Å². The standard InChI is InChI=1S/C17H21N3O/c1-19-14-6-7-15(19)11-13(10-14)18-17(21)20-9-8-12-4-2-3-5-16(12)20/h2-5,8-9,13-15H,6-7,10-11H2,1H3,(H,18,21)/t13?,14-,15+. The molecular weight excluding hydrogens is 262 g/mol. The summed E-state index contributed by atoms with van der Waals surface area (Å²) >= 11 is 0. The smallest absolute Gasteiger partial charge is 0.326 e. The van der Waals surface area contributed by atoms with Crippen molar-refractivity contribution in [2.75, 3.05) is 7.05 Å². The Morgan fingerprint density at radius 3 is 2.62 bits per heavy atom. The minimum atomic E-state index is 0.00477. The number of carbonyl (C=O) groups excluding carboxylic acids is 1. The summed E-state index contributed by atoms with van der Waals surface area (Å²) in [5.41, 5.74) is 0.978. The number of aromatic nitrogens is 1. The molecule has 4 heteroatoms. The lowest BCUT2D eigenvalue weighted by Crippen LogP contribution is -2.49. The number of amides is 1. The highest BCUT2D eigenvalue weighted by Gasteiger charge is 2.38. The van der Waals surface area contributed by atoms with Crippen molar-refractivity contribution in [2.45, 2.75) is 43.8 Å². The lowest BCUT2D eigenvalue weighted by molar-refractivity contribution is 0.150. The van der Waals surface area contributed by atoms with Crippen LogP contribution in [0, 0.1) is 0 Å². The molecular formula is C17H21N3O. The third-order valence-corrected chi connectivity index (χ3v) is 5.24. The quantitative estimate of drug-likeness (QED) is 0.874. The van der Waals surface area contributed by atoms with Gasteiger partial charge in [0.15, 0.2) is 0 Å². The SMILES string of the molecule is CN1[C@@H]2CC[C@H]1CC(NC(=O)n1ccc3ccccc31)C2. The maximum absolute atomic E-state index is 12.5. The average Bonchev–Trinajstić information content (AvgIpc) is 2.98. The van der Waals surface area contributed by atoms with E-state index in [1.807, 2.05) is 36.5 Å². The Labute approximate surface area is 124 Å². The molecule has 2 aromatic rings. The second-order valence-electron chi connectivity index (χ2n) is 6.41. The number of hydrogen-bond donors (Lipinski definition) is 1. The number of fused-ring (bicyclic) bond motifs is 3. The third-order valence-electron chi connectivity index (χ3n) is 5.24. The van der Waals surface area contributed by atoms with Crippen molar-refractivity contribution < 1.29 is 4.79 Å². The number of hydrogen-bond acceptors (Lipinski definition) is 2. The summed E-state index contributed by atoms with van der Waals surface area (Å²) in [6.45, 7) is 0. The van der Waals surface area contributed by atoms with Crippen molar-refractivity contribution in [1.29, 1.82) is 0 Å². The maximum atomic E-state index is 12.5. The molecule has 2 fully saturated rings. The van der Waals surface area contributed by atoms with Crippen LogP contribution in [0.25, 0.3) is 10.9 Å². The predicted octanol–water partition coefficient (Wildman–Crippen LogP) is 2.82. The second kappa shape index (κ2) is 4.88. The van der Waals surface area contributed by atoms with E-state index >= 15 is 0 Å².